The number of hydrogen-bond donors (Lipinski definition) is 2. The molecule has 0 heterocycles. The highest BCUT2D eigenvalue weighted by Crippen LogP contribution is 2.19. The van der Waals surface area contributed by atoms with Gasteiger partial charge in [0.1, 0.15) is 5.54 Å². The summed E-state index contributed by atoms with van der Waals surface area (Å²) in [6.45, 7) is 3.19. The number of halogens is 3. The van der Waals surface area contributed by atoms with Gasteiger partial charge in [-0.15, -0.1) is 0 Å². The van der Waals surface area contributed by atoms with Crippen molar-refractivity contribution in [3.8, 4) is 0 Å². The van der Waals surface area contributed by atoms with E-state index in [1.165, 1.54) is 6.92 Å². The van der Waals surface area contributed by atoms with Gasteiger partial charge in [0.25, 0.3) is 0 Å². The number of hydrogen-bond acceptors (Lipinski definition) is 3. The Morgan fingerprint density at radius 1 is 1.31 bits per heavy atom. The van der Waals surface area contributed by atoms with E-state index in [9.17, 15) is 18.0 Å². The van der Waals surface area contributed by atoms with Crippen LogP contribution in [0.4, 0.5) is 13.2 Å². The summed E-state index contributed by atoms with van der Waals surface area (Å²) in [4.78, 5) is 12.0. The van der Waals surface area contributed by atoms with Crippen LogP contribution in [0.2, 0.25) is 0 Å². The normalized spacial score (nSPS) is 16.6. The lowest BCUT2D eigenvalue weighted by molar-refractivity contribution is -0.152. The van der Waals surface area contributed by atoms with E-state index >= 15 is 0 Å². The van der Waals surface area contributed by atoms with Crippen molar-refractivity contribution in [1.82, 2.24) is 4.90 Å². The fraction of sp³-hybridized carbons (Fsp3) is 0.889. The third-order valence-electron chi connectivity index (χ3n) is 2.21. The minimum absolute atomic E-state index is 0.223. The molecule has 1 atom stereocenters. The van der Waals surface area contributed by atoms with Crippen LogP contribution in [0, 0.1) is 0 Å². The van der Waals surface area contributed by atoms with Crippen LogP contribution >= 0.6 is 0 Å². The molecule has 0 aliphatic carbocycles. The van der Waals surface area contributed by atoms with Crippen molar-refractivity contribution >= 4 is 5.91 Å². The maximum Gasteiger partial charge on any atom is 0.401 e. The fourth-order valence-electron chi connectivity index (χ4n) is 1.15. The Labute approximate surface area is 92.8 Å². The first-order chi connectivity index (χ1) is 6.96. The maximum atomic E-state index is 12.2. The predicted molar refractivity (Wildman–Crippen MR) is 54.6 cm³/mol. The molecule has 0 fully saturated rings. The summed E-state index contributed by atoms with van der Waals surface area (Å²) in [5.41, 5.74) is 9.08. The number of carbonyl (C=O) groups excluding carboxylic acids is 1. The standard InChI is InChI=1S/C9H18F3N3O/c1-6(2)15(5-9(10,11)12)4-8(3,14)7(13)16/h6H,4-5,14H2,1-3H3,(H2,13,16). The first kappa shape index (κ1) is 15.2. The summed E-state index contributed by atoms with van der Waals surface area (Å²) in [6, 6.07) is -0.371. The first-order valence-electron chi connectivity index (χ1n) is 4.85. The molecule has 0 saturated heterocycles. The van der Waals surface area contributed by atoms with Gasteiger partial charge in [-0.05, 0) is 20.8 Å². The number of nitrogens with two attached hydrogens (primary N) is 2. The summed E-state index contributed by atoms with van der Waals surface area (Å²) < 4.78 is 36.7. The summed E-state index contributed by atoms with van der Waals surface area (Å²) >= 11 is 0. The van der Waals surface area contributed by atoms with E-state index in [4.69, 9.17) is 11.5 Å². The van der Waals surface area contributed by atoms with Crippen molar-refractivity contribution in [3.05, 3.63) is 0 Å². The lowest BCUT2D eigenvalue weighted by atomic mass is 10.0. The molecule has 0 aliphatic heterocycles. The van der Waals surface area contributed by atoms with Gasteiger partial charge in [0.05, 0.1) is 6.54 Å². The largest absolute Gasteiger partial charge is 0.401 e. The van der Waals surface area contributed by atoms with Crippen LogP contribution < -0.4 is 11.5 Å². The molecule has 0 spiro atoms. The van der Waals surface area contributed by atoms with E-state index in [1.54, 1.807) is 13.8 Å². The van der Waals surface area contributed by atoms with E-state index in [0.29, 0.717) is 0 Å². The van der Waals surface area contributed by atoms with Gasteiger partial charge in [-0.1, -0.05) is 0 Å². The Kier molecular flexibility index (Phi) is 4.75. The van der Waals surface area contributed by atoms with Crippen LogP contribution in [0.25, 0.3) is 0 Å². The highest BCUT2D eigenvalue weighted by Gasteiger charge is 2.36. The smallest absolute Gasteiger partial charge is 0.368 e. The molecular formula is C9H18F3N3O. The topological polar surface area (TPSA) is 72.3 Å². The van der Waals surface area contributed by atoms with Gasteiger partial charge in [-0.25, -0.2) is 0 Å². The minimum Gasteiger partial charge on any atom is -0.368 e. The van der Waals surface area contributed by atoms with Crippen molar-refractivity contribution in [3.63, 3.8) is 0 Å². The van der Waals surface area contributed by atoms with Crippen molar-refractivity contribution in [2.24, 2.45) is 11.5 Å². The van der Waals surface area contributed by atoms with Gasteiger partial charge in [0.2, 0.25) is 5.91 Å². The van der Waals surface area contributed by atoms with Crippen LogP contribution in [0.1, 0.15) is 20.8 Å². The van der Waals surface area contributed by atoms with Gasteiger partial charge in [0.15, 0.2) is 0 Å². The Morgan fingerprint density at radius 3 is 2.00 bits per heavy atom. The number of carbonyl (C=O) groups is 1. The Balaban J connectivity index is 4.65. The lowest BCUT2D eigenvalue weighted by Crippen LogP contribution is -2.59. The summed E-state index contributed by atoms with van der Waals surface area (Å²) in [6.07, 6.45) is -4.32. The van der Waals surface area contributed by atoms with Gasteiger partial charge in [-0.2, -0.15) is 13.2 Å². The number of alkyl halides is 3. The number of nitrogens with zero attached hydrogens (tertiary/aromatic N) is 1. The molecule has 0 saturated carbocycles. The SMILES string of the molecule is CC(C)N(CC(F)(F)F)CC(C)(N)C(N)=O. The van der Waals surface area contributed by atoms with E-state index in [2.05, 4.69) is 0 Å². The highest BCUT2D eigenvalue weighted by molar-refractivity contribution is 5.84. The zero-order chi connectivity index (χ0) is 13.1. The highest BCUT2D eigenvalue weighted by atomic mass is 19.4. The minimum atomic E-state index is -4.32. The zero-order valence-electron chi connectivity index (χ0n) is 9.64. The average molecular weight is 241 g/mol. The number of rotatable bonds is 5. The van der Waals surface area contributed by atoms with E-state index in [-0.39, 0.29) is 12.6 Å². The molecule has 1 amide bonds. The molecule has 16 heavy (non-hydrogen) atoms. The molecule has 0 bridgehead atoms. The first-order valence-corrected chi connectivity index (χ1v) is 4.85. The summed E-state index contributed by atoms with van der Waals surface area (Å²) in [5.74, 6) is -0.819. The van der Waals surface area contributed by atoms with Gasteiger partial charge in [-0.3, -0.25) is 9.69 Å². The Bertz CT molecular complexity index is 251. The van der Waals surface area contributed by atoms with E-state index in [0.717, 1.165) is 4.90 Å². The third kappa shape index (κ3) is 5.32. The van der Waals surface area contributed by atoms with Crippen LogP contribution in [-0.4, -0.2) is 41.7 Å². The predicted octanol–water partition coefficient (Wildman–Crippen LogP) is 0.462. The quantitative estimate of drug-likeness (QED) is 0.734. The van der Waals surface area contributed by atoms with Gasteiger partial charge in [0, 0.05) is 12.6 Å². The number of amides is 1. The Morgan fingerprint density at radius 2 is 1.75 bits per heavy atom. The summed E-state index contributed by atoms with van der Waals surface area (Å²) in [7, 11) is 0. The van der Waals surface area contributed by atoms with Gasteiger partial charge < -0.3 is 11.5 Å². The molecule has 96 valence electrons. The second-order valence-electron chi connectivity index (χ2n) is 4.40. The van der Waals surface area contributed by atoms with Crippen LogP contribution in [0.15, 0.2) is 0 Å². The average Bonchev–Trinajstić information content (AvgIpc) is 1.99. The van der Waals surface area contributed by atoms with Crippen molar-refractivity contribution in [2.45, 2.75) is 38.5 Å². The van der Waals surface area contributed by atoms with Gasteiger partial charge >= 0.3 is 6.18 Å². The lowest BCUT2D eigenvalue weighted by Gasteiger charge is -2.33. The van der Waals surface area contributed by atoms with Crippen molar-refractivity contribution in [1.29, 1.82) is 0 Å². The molecule has 0 radical (unpaired) electrons. The molecular weight excluding hydrogens is 223 g/mol. The second-order valence-corrected chi connectivity index (χ2v) is 4.40. The molecule has 0 aromatic carbocycles. The summed E-state index contributed by atoms with van der Waals surface area (Å²) in [5, 5.41) is 0. The van der Waals surface area contributed by atoms with Crippen molar-refractivity contribution < 1.29 is 18.0 Å². The molecule has 0 aromatic heterocycles. The zero-order valence-corrected chi connectivity index (χ0v) is 9.64. The van der Waals surface area contributed by atoms with E-state index < -0.39 is 24.2 Å². The molecule has 0 aromatic rings. The third-order valence-corrected chi connectivity index (χ3v) is 2.21. The second kappa shape index (κ2) is 5.01. The molecule has 0 rings (SSSR count). The maximum absolute atomic E-state index is 12.2. The molecule has 1 unspecified atom stereocenters. The molecule has 7 heteroatoms. The Hall–Kier alpha value is -0.820. The van der Waals surface area contributed by atoms with E-state index in [1.807, 2.05) is 0 Å². The number of primary amides is 1. The van der Waals surface area contributed by atoms with Crippen LogP contribution in [0.5, 0.6) is 0 Å². The molecule has 0 aliphatic rings. The van der Waals surface area contributed by atoms with Crippen molar-refractivity contribution in [2.75, 3.05) is 13.1 Å². The fourth-order valence-corrected chi connectivity index (χ4v) is 1.15. The van der Waals surface area contributed by atoms with Crippen LogP contribution in [0.3, 0.4) is 0 Å². The monoisotopic (exact) mass is 241 g/mol. The van der Waals surface area contributed by atoms with Crippen LogP contribution in [-0.2, 0) is 4.79 Å². The molecule has 4 N–H and O–H groups in total. The molecule has 4 nitrogen and oxygen atoms in total.